The fourth-order valence-corrected chi connectivity index (χ4v) is 2.21. The van der Waals surface area contributed by atoms with Crippen LogP contribution in [0.4, 0.5) is 5.95 Å². The maximum absolute atomic E-state index is 12.4. The van der Waals surface area contributed by atoms with Crippen molar-refractivity contribution in [1.29, 1.82) is 0 Å². The number of aryl methyl sites for hydroxylation is 1. The van der Waals surface area contributed by atoms with E-state index in [0.717, 1.165) is 4.57 Å². The van der Waals surface area contributed by atoms with Gasteiger partial charge in [-0.15, -0.1) is 0 Å². The van der Waals surface area contributed by atoms with Crippen LogP contribution in [0.1, 0.15) is 6.92 Å². The average Bonchev–Trinajstić information content (AvgIpc) is 2.85. The summed E-state index contributed by atoms with van der Waals surface area (Å²) in [5.74, 6) is 0.400. The molecular formula is C13H18ClN5O3. The van der Waals surface area contributed by atoms with E-state index in [4.69, 9.17) is 16.7 Å². The number of nitrogens with zero attached hydrogens (tertiary/aromatic N) is 4. The lowest BCUT2D eigenvalue weighted by atomic mass is 10.4. The number of fused-ring (bicyclic) bond motifs is 1. The predicted octanol–water partition coefficient (Wildman–Crippen LogP) is -0.0195. The molecule has 0 aliphatic rings. The quantitative estimate of drug-likeness (QED) is 0.805. The van der Waals surface area contributed by atoms with E-state index in [0.29, 0.717) is 23.0 Å². The van der Waals surface area contributed by atoms with Gasteiger partial charge in [0.15, 0.2) is 11.2 Å². The number of anilines is 1. The molecule has 0 aromatic carbocycles. The summed E-state index contributed by atoms with van der Waals surface area (Å²) in [6.45, 7) is 2.26. The van der Waals surface area contributed by atoms with E-state index in [1.807, 2.05) is 0 Å². The number of hydrogen-bond acceptors (Lipinski definition) is 5. The molecule has 120 valence electrons. The van der Waals surface area contributed by atoms with Gasteiger partial charge in [-0.1, -0.05) is 17.7 Å². The number of hydrogen-bond donors (Lipinski definition) is 2. The Morgan fingerprint density at radius 2 is 2.05 bits per heavy atom. The lowest BCUT2D eigenvalue weighted by molar-refractivity contribution is 0.310. The highest BCUT2D eigenvalue weighted by molar-refractivity contribution is 6.29. The summed E-state index contributed by atoms with van der Waals surface area (Å²) in [7, 11) is 2.98. The lowest BCUT2D eigenvalue weighted by Crippen LogP contribution is -2.37. The molecule has 0 saturated heterocycles. The first kappa shape index (κ1) is 16.3. The van der Waals surface area contributed by atoms with Crippen molar-refractivity contribution in [2.75, 3.05) is 18.5 Å². The molecule has 22 heavy (non-hydrogen) atoms. The van der Waals surface area contributed by atoms with Gasteiger partial charge >= 0.3 is 5.69 Å². The zero-order chi connectivity index (χ0) is 16.4. The Morgan fingerprint density at radius 3 is 2.64 bits per heavy atom. The van der Waals surface area contributed by atoms with Gasteiger partial charge in [-0.25, -0.2) is 4.79 Å². The number of halogens is 1. The maximum Gasteiger partial charge on any atom is 0.332 e. The minimum Gasteiger partial charge on any atom is -0.395 e. The van der Waals surface area contributed by atoms with Crippen LogP contribution in [-0.2, 0) is 20.6 Å². The Balaban J connectivity index is 2.78. The Labute approximate surface area is 131 Å². The second-order valence-electron chi connectivity index (χ2n) is 4.87. The third-order valence-electron chi connectivity index (χ3n) is 3.30. The molecule has 9 heteroatoms. The molecule has 2 N–H and O–H groups in total. The molecule has 0 aliphatic carbocycles. The van der Waals surface area contributed by atoms with E-state index in [-0.39, 0.29) is 18.8 Å². The van der Waals surface area contributed by atoms with E-state index in [2.05, 4.69) is 10.3 Å². The minimum absolute atomic E-state index is 0.0789. The molecule has 0 amide bonds. The van der Waals surface area contributed by atoms with Crippen molar-refractivity contribution in [3.63, 3.8) is 0 Å². The number of aliphatic hydroxyl groups excluding tert-OH is 1. The van der Waals surface area contributed by atoms with E-state index in [9.17, 15) is 9.59 Å². The summed E-state index contributed by atoms with van der Waals surface area (Å²) in [6.07, 6.45) is 1.73. The van der Waals surface area contributed by atoms with Gasteiger partial charge in [0.05, 0.1) is 6.61 Å². The van der Waals surface area contributed by atoms with Crippen molar-refractivity contribution in [2.45, 2.75) is 13.5 Å². The van der Waals surface area contributed by atoms with Crippen molar-refractivity contribution in [1.82, 2.24) is 18.7 Å². The van der Waals surface area contributed by atoms with Crippen LogP contribution >= 0.6 is 11.6 Å². The number of imidazole rings is 1. The molecule has 2 aromatic heterocycles. The van der Waals surface area contributed by atoms with Crippen LogP contribution in [0, 0.1) is 0 Å². The Kier molecular flexibility index (Phi) is 4.72. The second kappa shape index (κ2) is 6.37. The van der Waals surface area contributed by atoms with Gasteiger partial charge in [-0.3, -0.25) is 13.9 Å². The van der Waals surface area contributed by atoms with E-state index in [1.54, 1.807) is 24.6 Å². The summed E-state index contributed by atoms with van der Waals surface area (Å²) in [5, 5.41) is 12.5. The average molecular weight is 328 g/mol. The van der Waals surface area contributed by atoms with Gasteiger partial charge in [-0.2, -0.15) is 4.98 Å². The molecule has 0 unspecified atom stereocenters. The fraction of sp³-hybridized carbons (Fsp3) is 0.462. The van der Waals surface area contributed by atoms with Crippen LogP contribution in [0.5, 0.6) is 0 Å². The highest BCUT2D eigenvalue weighted by Crippen LogP contribution is 2.16. The number of aliphatic hydroxyl groups is 1. The number of rotatable bonds is 5. The van der Waals surface area contributed by atoms with Gasteiger partial charge in [0.25, 0.3) is 5.56 Å². The topological polar surface area (TPSA) is 94.1 Å². The first-order valence-corrected chi connectivity index (χ1v) is 7.09. The molecule has 2 rings (SSSR count). The Bertz CT molecular complexity index is 842. The summed E-state index contributed by atoms with van der Waals surface area (Å²) in [6, 6.07) is 0. The summed E-state index contributed by atoms with van der Waals surface area (Å²) < 4.78 is 3.99. The first-order chi connectivity index (χ1) is 10.4. The molecule has 0 aliphatic heterocycles. The molecule has 0 saturated carbocycles. The zero-order valence-electron chi connectivity index (χ0n) is 12.6. The molecule has 2 heterocycles. The standard InChI is InChI=1S/C13H18ClN5O3/c1-8(14)4-6-19-9-10(16-12(19)15-5-7-20)17(2)13(22)18(3)11(9)21/h4,20H,5-7H2,1-3H3,(H,15,16). The van der Waals surface area contributed by atoms with Crippen molar-refractivity contribution in [2.24, 2.45) is 14.1 Å². The van der Waals surface area contributed by atoms with Crippen LogP contribution in [0.2, 0.25) is 0 Å². The van der Waals surface area contributed by atoms with Crippen LogP contribution in [0.25, 0.3) is 11.2 Å². The van der Waals surface area contributed by atoms with Crippen LogP contribution in [-0.4, -0.2) is 36.9 Å². The molecule has 0 spiro atoms. The maximum atomic E-state index is 12.4. The van der Waals surface area contributed by atoms with Crippen molar-refractivity contribution >= 4 is 28.7 Å². The van der Waals surface area contributed by atoms with Crippen LogP contribution in [0.15, 0.2) is 20.7 Å². The van der Waals surface area contributed by atoms with Crippen LogP contribution in [0.3, 0.4) is 0 Å². The molecule has 0 fully saturated rings. The van der Waals surface area contributed by atoms with Gasteiger partial charge in [0, 0.05) is 32.2 Å². The number of allylic oxidation sites excluding steroid dienone is 2. The predicted molar refractivity (Wildman–Crippen MR) is 85.4 cm³/mol. The summed E-state index contributed by atoms with van der Waals surface area (Å²) in [4.78, 5) is 28.7. The smallest absolute Gasteiger partial charge is 0.332 e. The highest BCUT2D eigenvalue weighted by atomic mass is 35.5. The molecule has 8 nitrogen and oxygen atoms in total. The van der Waals surface area contributed by atoms with Crippen molar-refractivity contribution in [3.8, 4) is 0 Å². The monoisotopic (exact) mass is 327 g/mol. The third kappa shape index (κ3) is 2.79. The minimum atomic E-state index is -0.445. The normalized spacial score (nSPS) is 12.1. The lowest BCUT2D eigenvalue weighted by Gasteiger charge is -2.08. The fourth-order valence-electron chi connectivity index (χ4n) is 2.14. The summed E-state index contributed by atoms with van der Waals surface area (Å²) in [5.41, 5.74) is -0.281. The van der Waals surface area contributed by atoms with Crippen molar-refractivity contribution in [3.05, 3.63) is 31.9 Å². The summed E-state index contributed by atoms with van der Waals surface area (Å²) >= 11 is 5.86. The molecule has 0 bridgehead atoms. The highest BCUT2D eigenvalue weighted by Gasteiger charge is 2.18. The second-order valence-corrected chi connectivity index (χ2v) is 5.46. The molecule has 0 radical (unpaired) electrons. The molecule has 2 aromatic rings. The van der Waals surface area contributed by atoms with Crippen molar-refractivity contribution < 1.29 is 5.11 Å². The molecular weight excluding hydrogens is 310 g/mol. The zero-order valence-corrected chi connectivity index (χ0v) is 13.4. The van der Waals surface area contributed by atoms with E-state index >= 15 is 0 Å². The number of nitrogens with one attached hydrogen (secondary N) is 1. The Hall–Kier alpha value is -2.06. The van der Waals surface area contributed by atoms with E-state index < -0.39 is 11.2 Å². The van der Waals surface area contributed by atoms with Gasteiger partial charge < -0.3 is 15.0 Å². The van der Waals surface area contributed by atoms with Crippen LogP contribution < -0.4 is 16.6 Å². The largest absolute Gasteiger partial charge is 0.395 e. The van der Waals surface area contributed by atoms with Gasteiger partial charge in [0.2, 0.25) is 5.95 Å². The third-order valence-corrected chi connectivity index (χ3v) is 3.45. The van der Waals surface area contributed by atoms with Gasteiger partial charge in [-0.05, 0) is 6.92 Å². The van der Waals surface area contributed by atoms with Gasteiger partial charge in [0.1, 0.15) is 0 Å². The molecule has 0 atom stereocenters. The first-order valence-electron chi connectivity index (χ1n) is 6.71. The van der Waals surface area contributed by atoms with E-state index in [1.165, 1.54) is 11.6 Å². The Morgan fingerprint density at radius 1 is 1.36 bits per heavy atom. The number of aromatic nitrogens is 4. The SMILES string of the molecule is CC(Cl)=CCn1c(NCCO)nc2c1c(=O)n(C)c(=O)n2C.